The summed E-state index contributed by atoms with van der Waals surface area (Å²) in [5, 5.41) is 8.46. The van der Waals surface area contributed by atoms with Crippen LogP contribution in [0, 0.1) is 20.8 Å². The maximum absolute atomic E-state index is 13.4. The number of rotatable bonds is 2. The van der Waals surface area contributed by atoms with Crippen molar-refractivity contribution in [1.82, 2.24) is 19.8 Å². The van der Waals surface area contributed by atoms with E-state index >= 15 is 0 Å². The molecule has 0 fully saturated rings. The van der Waals surface area contributed by atoms with E-state index in [-0.39, 0.29) is 5.91 Å². The zero-order valence-corrected chi connectivity index (χ0v) is 21.8. The smallest absolute Gasteiger partial charge is 0.257 e. The van der Waals surface area contributed by atoms with Crippen LogP contribution in [-0.2, 0) is 24.8 Å². The summed E-state index contributed by atoms with van der Waals surface area (Å²) in [7, 11) is 1.83. The predicted molar refractivity (Wildman–Crippen MR) is 140 cm³/mol. The number of aromatic nitrogens is 3. The molecule has 0 saturated heterocycles. The van der Waals surface area contributed by atoms with Gasteiger partial charge in [-0.3, -0.25) is 9.48 Å². The third-order valence-corrected chi connectivity index (χ3v) is 6.66. The van der Waals surface area contributed by atoms with Gasteiger partial charge in [-0.1, -0.05) is 35.5 Å². The molecule has 5 rings (SSSR count). The Morgan fingerprint density at radius 2 is 1.81 bits per heavy atom. The molecular formula is C29H32N4O4. The number of amides is 1. The number of nitrogens with zero attached hydrogens (tertiary/aromatic N) is 4. The number of carbonyl (C=O) groups is 1. The molecule has 0 N–H and O–H groups in total. The molecule has 8 nitrogen and oxygen atoms in total. The van der Waals surface area contributed by atoms with Crippen LogP contribution in [0.2, 0.25) is 0 Å². The van der Waals surface area contributed by atoms with Crippen LogP contribution in [0.3, 0.4) is 0 Å². The molecule has 0 saturated carbocycles. The Hall–Kier alpha value is -3.91. The lowest BCUT2D eigenvalue weighted by atomic mass is 9.96. The molecule has 1 aliphatic heterocycles. The molecule has 37 heavy (non-hydrogen) atoms. The molecule has 0 atom stereocenters. The van der Waals surface area contributed by atoms with Gasteiger partial charge in [0.1, 0.15) is 18.1 Å². The average molecular weight is 501 g/mol. The highest BCUT2D eigenvalue weighted by atomic mass is 16.5. The SMILES string of the molecule is Cc1nn(C)cc1C(=O)N1CCOCCOc2ccc(-c3c(C)noc3C)cc2Cc2cccc(c2)C1. The third-order valence-electron chi connectivity index (χ3n) is 6.66. The first-order valence-corrected chi connectivity index (χ1v) is 12.5. The molecule has 2 bridgehead atoms. The Kier molecular flexibility index (Phi) is 7.10. The molecular weight excluding hydrogens is 468 g/mol. The second-order valence-electron chi connectivity index (χ2n) is 9.51. The summed E-state index contributed by atoms with van der Waals surface area (Å²) in [5.74, 6) is 1.59. The Balaban J connectivity index is 1.47. The van der Waals surface area contributed by atoms with E-state index in [4.69, 9.17) is 14.0 Å². The van der Waals surface area contributed by atoms with Crippen LogP contribution < -0.4 is 4.74 Å². The van der Waals surface area contributed by atoms with Gasteiger partial charge in [-0.2, -0.15) is 5.10 Å². The van der Waals surface area contributed by atoms with Crippen molar-refractivity contribution in [1.29, 1.82) is 0 Å². The lowest BCUT2D eigenvalue weighted by Crippen LogP contribution is -2.34. The highest BCUT2D eigenvalue weighted by Crippen LogP contribution is 2.32. The first kappa shape index (κ1) is 24.8. The molecule has 0 unspecified atom stereocenters. The normalized spacial score (nSPS) is 14.5. The lowest BCUT2D eigenvalue weighted by Gasteiger charge is -2.23. The Morgan fingerprint density at radius 1 is 0.973 bits per heavy atom. The summed E-state index contributed by atoms with van der Waals surface area (Å²) < 4.78 is 19.1. The standard InChI is InChI=1S/C29H32N4O4/c1-19-26(18-32(4)30-19)29(34)33-10-11-35-12-13-36-27-9-8-24(28-20(2)31-37-21(28)3)16-25(27)15-22-6-5-7-23(14-22)17-33/h5-9,14,16,18H,10-13,15,17H2,1-4H3. The van der Waals surface area contributed by atoms with Gasteiger partial charge in [-0.15, -0.1) is 0 Å². The zero-order chi connectivity index (χ0) is 25.9. The highest BCUT2D eigenvalue weighted by Gasteiger charge is 2.21. The van der Waals surface area contributed by atoms with Crippen molar-refractivity contribution in [2.45, 2.75) is 33.7 Å². The van der Waals surface area contributed by atoms with Crippen LogP contribution in [-0.4, -0.2) is 52.1 Å². The van der Waals surface area contributed by atoms with Crippen LogP contribution in [0.25, 0.3) is 11.1 Å². The van der Waals surface area contributed by atoms with E-state index in [2.05, 4.69) is 40.6 Å². The van der Waals surface area contributed by atoms with Crippen molar-refractivity contribution in [3.8, 4) is 16.9 Å². The van der Waals surface area contributed by atoms with Crippen LogP contribution >= 0.6 is 0 Å². The topological polar surface area (TPSA) is 82.6 Å². The van der Waals surface area contributed by atoms with Gasteiger partial charge in [0.2, 0.25) is 0 Å². The van der Waals surface area contributed by atoms with Gasteiger partial charge in [0, 0.05) is 38.3 Å². The van der Waals surface area contributed by atoms with E-state index in [1.54, 1.807) is 10.9 Å². The first-order valence-electron chi connectivity index (χ1n) is 12.5. The van der Waals surface area contributed by atoms with Crippen molar-refractivity contribution in [3.05, 3.63) is 88.1 Å². The van der Waals surface area contributed by atoms with Gasteiger partial charge >= 0.3 is 0 Å². The second-order valence-corrected chi connectivity index (χ2v) is 9.51. The summed E-state index contributed by atoms with van der Waals surface area (Å²) in [4.78, 5) is 15.2. The monoisotopic (exact) mass is 500 g/mol. The van der Waals surface area contributed by atoms with E-state index < -0.39 is 0 Å². The first-order chi connectivity index (χ1) is 17.9. The largest absolute Gasteiger partial charge is 0.491 e. The number of hydrogen-bond acceptors (Lipinski definition) is 6. The number of fused-ring (bicyclic) bond motifs is 3. The van der Waals surface area contributed by atoms with E-state index in [0.29, 0.717) is 44.9 Å². The molecule has 3 heterocycles. The minimum absolute atomic E-state index is 0.0441. The predicted octanol–water partition coefficient (Wildman–Crippen LogP) is 4.64. The lowest BCUT2D eigenvalue weighted by molar-refractivity contribution is 0.0570. The van der Waals surface area contributed by atoms with E-state index in [0.717, 1.165) is 50.7 Å². The van der Waals surface area contributed by atoms with Crippen LogP contribution in [0.15, 0.2) is 53.2 Å². The maximum Gasteiger partial charge on any atom is 0.257 e. The quantitative estimate of drug-likeness (QED) is 0.399. The van der Waals surface area contributed by atoms with Gasteiger partial charge in [0.25, 0.3) is 5.91 Å². The Morgan fingerprint density at radius 3 is 2.57 bits per heavy atom. The van der Waals surface area contributed by atoms with Crippen LogP contribution in [0.5, 0.6) is 5.75 Å². The second kappa shape index (κ2) is 10.6. The van der Waals surface area contributed by atoms with E-state index in [1.165, 1.54) is 0 Å². The molecule has 8 heteroatoms. The molecule has 0 spiro atoms. The molecule has 192 valence electrons. The molecule has 2 aromatic heterocycles. The number of ether oxygens (including phenoxy) is 2. The van der Waals surface area contributed by atoms with Crippen molar-refractivity contribution >= 4 is 5.91 Å². The average Bonchev–Trinajstić information content (AvgIpc) is 3.39. The number of carbonyl (C=O) groups excluding carboxylic acids is 1. The number of benzene rings is 2. The third kappa shape index (κ3) is 5.44. The maximum atomic E-state index is 13.4. The van der Waals surface area contributed by atoms with Gasteiger partial charge < -0.3 is 18.9 Å². The van der Waals surface area contributed by atoms with E-state index in [9.17, 15) is 4.79 Å². The molecule has 1 amide bonds. The minimum Gasteiger partial charge on any atom is -0.491 e. The van der Waals surface area contributed by atoms with Crippen LogP contribution in [0.1, 0.15) is 44.2 Å². The van der Waals surface area contributed by atoms with Gasteiger partial charge in [0.05, 0.1) is 30.2 Å². The van der Waals surface area contributed by atoms with Gasteiger partial charge in [-0.25, -0.2) is 0 Å². The minimum atomic E-state index is -0.0441. The number of aryl methyl sites for hydroxylation is 4. The fourth-order valence-electron chi connectivity index (χ4n) is 4.91. The summed E-state index contributed by atoms with van der Waals surface area (Å²) in [6.45, 7) is 8.00. The van der Waals surface area contributed by atoms with Crippen molar-refractivity contribution in [2.24, 2.45) is 7.05 Å². The number of hydrogen-bond donors (Lipinski definition) is 0. The summed E-state index contributed by atoms with van der Waals surface area (Å²) in [6, 6.07) is 14.6. The van der Waals surface area contributed by atoms with Crippen molar-refractivity contribution in [2.75, 3.05) is 26.4 Å². The molecule has 4 aromatic rings. The highest BCUT2D eigenvalue weighted by molar-refractivity contribution is 5.95. The zero-order valence-electron chi connectivity index (χ0n) is 21.8. The van der Waals surface area contributed by atoms with Crippen molar-refractivity contribution in [3.63, 3.8) is 0 Å². The van der Waals surface area contributed by atoms with Gasteiger partial charge in [0.15, 0.2) is 0 Å². The summed E-state index contributed by atoms with van der Waals surface area (Å²) in [6.07, 6.45) is 2.47. The van der Waals surface area contributed by atoms with Crippen molar-refractivity contribution < 1.29 is 18.8 Å². The molecule has 0 radical (unpaired) electrons. The van der Waals surface area contributed by atoms with Gasteiger partial charge in [-0.05, 0) is 55.2 Å². The van der Waals surface area contributed by atoms with Crippen LogP contribution in [0.4, 0.5) is 0 Å². The molecule has 0 aliphatic carbocycles. The fraction of sp³-hybridized carbons (Fsp3) is 0.345. The Bertz CT molecular complexity index is 1400. The summed E-state index contributed by atoms with van der Waals surface area (Å²) >= 11 is 0. The molecule has 2 aromatic carbocycles. The van der Waals surface area contributed by atoms with E-state index in [1.807, 2.05) is 44.9 Å². The molecule has 1 aliphatic rings. The summed E-state index contributed by atoms with van der Waals surface area (Å²) in [5.41, 5.74) is 7.55. The fourth-order valence-corrected chi connectivity index (χ4v) is 4.91. The Labute approximate surface area is 216 Å².